The second kappa shape index (κ2) is 61.6. The number of rotatable bonds is 73. The lowest BCUT2D eigenvalue weighted by atomic mass is 9.82. The first kappa shape index (κ1) is 109. The molecule has 12 aromatic carbocycles. The van der Waals surface area contributed by atoms with E-state index >= 15 is 0 Å². The van der Waals surface area contributed by atoms with E-state index < -0.39 is 0 Å². The van der Waals surface area contributed by atoms with Crippen molar-refractivity contribution in [2.75, 3.05) is 52.9 Å². The van der Waals surface area contributed by atoms with Crippen LogP contribution in [0.25, 0.3) is 120 Å². The summed E-state index contributed by atoms with van der Waals surface area (Å²) >= 11 is 0. The van der Waals surface area contributed by atoms with Gasteiger partial charge < -0.3 is 37.9 Å². The number of hydrogen-bond acceptors (Lipinski definition) is 8. The molecule has 0 aliphatic heterocycles. The van der Waals surface area contributed by atoms with Crippen LogP contribution in [-0.2, 0) is 25.7 Å². The second-order valence-electron chi connectivity index (χ2n) is 40.9. The van der Waals surface area contributed by atoms with Crippen LogP contribution in [0.5, 0.6) is 46.0 Å². The molecule has 0 spiro atoms. The van der Waals surface area contributed by atoms with E-state index in [0.717, 1.165) is 222 Å². The van der Waals surface area contributed by atoms with E-state index in [2.05, 4.69) is 241 Å². The number of hydrogen-bond donors (Lipinski definition) is 0. The van der Waals surface area contributed by atoms with Crippen molar-refractivity contribution in [3.05, 3.63) is 180 Å². The third kappa shape index (κ3) is 31.8. The zero-order valence-electron chi connectivity index (χ0n) is 89.7. The molecular formula is C132H182O8. The maximum atomic E-state index is 7.09. The van der Waals surface area contributed by atoms with Crippen LogP contribution in [0, 0.1) is 0 Å². The number of unbranched alkanes of at least 4 members (excludes halogenated alkanes) is 36. The fraction of sp³-hybridized carbons (Fsp3) is 0.545. The molecule has 0 bridgehead atoms. The van der Waals surface area contributed by atoms with Crippen LogP contribution in [0.3, 0.4) is 0 Å². The standard InChI is InChI=1S/C132H182O8/c1-13-25-37-49-61-99-87-113-115(89-101(99)63-51-39-27-15-3)131(109-71-75-123(135-79-55-43-31-19-7)127(97-109)139-83-59-47-35-23-11)119-93-111-85-103(65-67-105(111)91-117(119)129(113)107-69-73-121(133-77-53-41-29-17-5)125(95-107)137-81-57-45-33-21-9)104-66-68-106-92-118-120(94-112(106)86-104)132(110-72-76-124(136-80-56-44-32-20-8)128(98-110)140-84-60-48-36-24-12)116-90-102(64-52-40-28-16-4)100(62-50-38-26-14-2)88-114(116)130(118)108-70-74-122(134-78-54-42-30-18-6)126(96-108)138-82-58-46-34-22-10/h65-76,85-98H,13-64,77-84H2,1-12H3. The molecule has 0 amide bonds. The van der Waals surface area contributed by atoms with Gasteiger partial charge in [-0.1, -0.05) is 387 Å². The van der Waals surface area contributed by atoms with Crippen molar-refractivity contribution in [3.8, 4) is 102 Å². The minimum atomic E-state index is 0.636. The van der Waals surface area contributed by atoms with E-state index in [4.69, 9.17) is 37.9 Å². The Balaban J connectivity index is 1.15. The number of fused-ring (bicyclic) bond motifs is 6. The number of aryl methyl sites for hydroxylation is 4. The average Bonchev–Trinajstić information content (AvgIpc) is 0.719. The normalized spacial score (nSPS) is 11.7. The monoisotopic (exact) mass is 1900 g/mol. The Morgan fingerprint density at radius 2 is 0.307 bits per heavy atom. The van der Waals surface area contributed by atoms with E-state index in [0.29, 0.717) is 52.9 Å². The zero-order chi connectivity index (χ0) is 98.1. The van der Waals surface area contributed by atoms with Gasteiger partial charge in [-0.05, 0) is 330 Å². The first-order valence-corrected chi connectivity index (χ1v) is 57.6. The highest BCUT2D eigenvalue weighted by Crippen LogP contribution is 2.53. The Labute approximate surface area is 848 Å². The van der Waals surface area contributed by atoms with Crippen LogP contribution >= 0.6 is 0 Å². The quantitative estimate of drug-likeness (QED) is 0.0276. The van der Waals surface area contributed by atoms with Crippen molar-refractivity contribution in [3.63, 3.8) is 0 Å². The van der Waals surface area contributed by atoms with Crippen molar-refractivity contribution < 1.29 is 37.9 Å². The molecule has 0 atom stereocenters. The fourth-order valence-corrected chi connectivity index (χ4v) is 21.0. The molecule has 0 fully saturated rings. The lowest BCUT2D eigenvalue weighted by Crippen LogP contribution is -2.04. The van der Waals surface area contributed by atoms with Crippen molar-refractivity contribution in [1.82, 2.24) is 0 Å². The lowest BCUT2D eigenvalue weighted by molar-refractivity contribution is 0.259. The van der Waals surface area contributed by atoms with Crippen molar-refractivity contribution in [1.29, 1.82) is 0 Å². The molecule has 12 aromatic rings. The highest BCUT2D eigenvalue weighted by molar-refractivity contribution is 6.26. The molecular weight excluding hydrogens is 1710 g/mol. The maximum Gasteiger partial charge on any atom is 0.161 e. The van der Waals surface area contributed by atoms with Crippen LogP contribution in [0.4, 0.5) is 0 Å². The van der Waals surface area contributed by atoms with E-state index in [9.17, 15) is 0 Å². The van der Waals surface area contributed by atoms with E-state index in [1.807, 2.05) is 0 Å². The van der Waals surface area contributed by atoms with Gasteiger partial charge in [0, 0.05) is 0 Å². The molecule has 0 saturated carbocycles. The SMILES string of the molecule is CCCCCCOc1ccc(-c2c3cc(CCCCCC)c(CCCCCC)cc3c(-c3ccc(OCCCCCC)c(OCCCCCC)c3)c3cc4cc(-c5ccc6cc7c(-c8ccc(OCCCCCC)c(OCCCCCC)c8)c8cc(CCCCCC)c(CCCCCC)cc8c(-c8ccc(OCCCCCC)c(OCCCCCC)c8)c7cc6c5)ccc4cc23)cc1OCCCCCC. The van der Waals surface area contributed by atoms with E-state index in [-0.39, 0.29) is 0 Å². The number of benzene rings is 12. The Kier molecular flexibility index (Phi) is 48.1. The molecule has 758 valence electrons. The Hall–Kier alpha value is -9.40. The summed E-state index contributed by atoms with van der Waals surface area (Å²) in [7, 11) is 0. The average molecular weight is 1900 g/mol. The fourth-order valence-electron chi connectivity index (χ4n) is 21.0. The maximum absolute atomic E-state index is 7.09. The third-order valence-electron chi connectivity index (χ3n) is 29.3. The summed E-state index contributed by atoms with van der Waals surface area (Å²) in [6, 6.07) is 63.3. The van der Waals surface area contributed by atoms with Crippen LogP contribution in [0.1, 0.15) is 414 Å². The zero-order valence-corrected chi connectivity index (χ0v) is 89.7. The van der Waals surface area contributed by atoms with Crippen LogP contribution in [-0.4, -0.2) is 52.9 Å². The second-order valence-corrected chi connectivity index (χ2v) is 40.9. The molecule has 0 aliphatic rings. The summed E-state index contributed by atoms with van der Waals surface area (Å²) in [5, 5.41) is 14.7. The van der Waals surface area contributed by atoms with Gasteiger partial charge in [-0.15, -0.1) is 0 Å². The van der Waals surface area contributed by atoms with Gasteiger partial charge in [-0.25, -0.2) is 0 Å². The first-order valence-electron chi connectivity index (χ1n) is 57.6. The minimum absolute atomic E-state index is 0.636. The number of ether oxygens (including phenoxy) is 8. The molecule has 0 aromatic heterocycles. The molecule has 8 nitrogen and oxygen atoms in total. The smallest absolute Gasteiger partial charge is 0.161 e. The molecule has 8 heteroatoms. The molecule has 12 rings (SSSR count). The van der Waals surface area contributed by atoms with Gasteiger partial charge in [0.25, 0.3) is 0 Å². The summed E-state index contributed by atoms with van der Waals surface area (Å²) < 4.78 is 55.7. The molecule has 0 heterocycles. The molecule has 0 aliphatic carbocycles. The topological polar surface area (TPSA) is 73.8 Å². The first-order chi connectivity index (χ1) is 69.0. The van der Waals surface area contributed by atoms with Crippen molar-refractivity contribution >= 4 is 64.6 Å². The Morgan fingerprint density at radius 3 is 0.507 bits per heavy atom. The largest absolute Gasteiger partial charge is 0.490 e. The summed E-state index contributed by atoms with van der Waals surface area (Å²) in [5.74, 6) is 6.64. The predicted octanol–water partition coefficient (Wildman–Crippen LogP) is 41.1. The van der Waals surface area contributed by atoms with Gasteiger partial charge in [0.1, 0.15) is 0 Å². The summed E-state index contributed by atoms with van der Waals surface area (Å²) in [6.07, 6.45) is 59.6. The minimum Gasteiger partial charge on any atom is -0.490 e. The van der Waals surface area contributed by atoms with Gasteiger partial charge in [0.05, 0.1) is 52.9 Å². The molecule has 0 N–H and O–H groups in total. The molecule has 0 unspecified atom stereocenters. The van der Waals surface area contributed by atoms with E-state index in [1.54, 1.807) is 0 Å². The van der Waals surface area contributed by atoms with Gasteiger partial charge in [0.15, 0.2) is 46.0 Å². The Morgan fingerprint density at radius 1 is 0.136 bits per heavy atom. The summed E-state index contributed by atoms with van der Waals surface area (Å²) in [5.41, 5.74) is 17.8. The summed E-state index contributed by atoms with van der Waals surface area (Å²) in [6.45, 7) is 32.9. The molecule has 0 saturated heterocycles. The highest BCUT2D eigenvalue weighted by Gasteiger charge is 2.27. The summed E-state index contributed by atoms with van der Waals surface area (Å²) in [4.78, 5) is 0. The predicted molar refractivity (Wildman–Crippen MR) is 607 cm³/mol. The van der Waals surface area contributed by atoms with E-state index in [1.165, 1.54) is 300 Å². The van der Waals surface area contributed by atoms with Gasteiger partial charge >= 0.3 is 0 Å². The van der Waals surface area contributed by atoms with Crippen molar-refractivity contribution in [2.24, 2.45) is 0 Å². The van der Waals surface area contributed by atoms with Gasteiger partial charge in [-0.2, -0.15) is 0 Å². The molecule has 140 heavy (non-hydrogen) atoms. The lowest BCUT2D eigenvalue weighted by Gasteiger charge is -2.23. The third-order valence-corrected chi connectivity index (χ3v) is 29.3. The van der Waals surface area contributed by atoms with Crippen LogP contribution in [0.2, 0.25) is 0 Å². The van der Waals surface area contributed by atoms with Gasteiger partial charge in [0.2, 0.25) is 0 Å². The van der Waals surface area contributed by atoms with Crippen LogP contribution < -0.4 is 37.9 Å². The van der Waals surface area contributed by atoms with Crippen molar-refractivity contribution in [2.45, 2.75) is 417 Å². The molecule has 0 radical (unpaired) electrons. The highest BCUT2D eigenvalue weighted by atomic mass is 16.5. The Bertz CT molecular complexity index is 5340. The van der Waals surface area contributed by atoms with Gasteiger partial charge in [-0.3, -0.25) is 0 Å². The van der Waals surface area contributed by atoms with Crippen LogP contribution in [0.15, 0.2) is 158 Å².